The molecule has 0 radical (unpaired) electrons. The van der Waals surface area contributed by atoms with E-state index in [1.807, 2.05) is 0 Å². The Hall–Kier alpha value is -2.02. The molecular weight excluding hydrogens is 355 g/mol. The molecule has 0 saturated carbocycles. The van der Waals surface area contributed by atoms with E-state index in [0.717, 1.165) is 0 Å². The molecular formula is C16H16Cl2N2O4. The fourth-order valence-corrected chi connectivity index (χ4v) is 2.59. The summed E-state index contributed by atoms with van der Waals surface area (Å²) in [5.74, 6) is -0.356. The van der Waals surface area contributed by atoms with Crippen molar-refractivity contribution in [2.45, 2.75) is 6.54 Å². The Balaban J connectivity index is 1.97. The van der Waals surface area contributed by atoms with Gasteiger partial charge in [-0.25, -0.2) is 4.79 Å². The highest BCUT2D eigenvalue weighted by molar-refractivity contribution is 6.39. The molecule has 6 nitrogen and oxygen atoms in total. The van der Waals surface area contributed by atoms with Gasteiger partial charge in [-0.1, -0.05) is 29.3 Å². The third kappa shape index (κ3) is 4.50. The number of carbonyl (C=O) groups excluding carboxylic acids is 2. The lowest BCUT2D eigenvalue weighted by atomic mass is 10.2. The standard InChI is InChI=1S/C16H16Cl2N2O4/c1-20(8-13-10(6-7-24-13)16(22)23-2)9-14(21)19-15-11(17)4-3-5-12(15)18/h3-7H,8-9H2,1-2H3,(H,19,21). The summed E-state index contributed by atoms with van der Waals surface area (Å²) in [5.41, 5.74) is 0.700. The average Bonchev–Trinajstić information content (AvgIpc) is 2.98. The number of anilines is 1. The minimum atomic E-state index is -0.487. The van der Waals surface area contributed by atoms with Crippen molar-refractivity contribution in [1.82, 2.24) is 4.90 Å². The van der Waals surface area contributed by atoms with Crippen LogP contribution in [0.15, 0.2) is 34.9 Å². The molecule has 2 aromatic rings. The number of para-hydroxylation sites is 1. The fourth-order valence-electron chi connectivity index (χ4n) is 2.10. The lowest BCUT2D eigenvalue weighted by Crippen LogP contribution is -2.30. The van der Waals surface area contributed by atoms with Crippen LogP contribution in [0.4, 0.5) is 5.69 Å². The van der Waals surface area contributed by atoms with Crippen molar-refractivity contribution in [2.75, 3.05) is 26.0 Å². The van der Waals surface area contributed by atoms with Crippen molar-refractivity contribution >= 4 is 40.8 Å². The molecule has 0 aliphatic carbocycles. The number of hydrogen-bond donors (Lipinski definition) is 1. The van der Waals surface area contributed by atoms with Gasteiger partial charge < -0.3 is 14.5 Å². The van der Waals surface area contributed by atoms with Crippen molar-refractivity contribution in [2.24, 2.45) is 0 Å². The molecule has 8 heteroatoms. The van der Waals surface area contributed by atoms with Crippen LogP contribution in [0.3, 0.4) is 0 Å². The smallest absolute Gasteiger partial charge is 0.341 e. The van der Waals surface area contributed by atoms with Gasteiger partial charge >= 0.3 is 5.97 Å². The first kappa shape index (κ1) is 18.3. The molecule has 1 aromatic carbocycles. The predicted octanol–water partition coefficient (Wildman–Crippen LogP) is 3.44. The lowest BCUT2D eigenvalue weighted by Gasteiger charge is -2.16. The van der Waals surface area contributed by atoms with Gasteiger partial charge in [0.05, 0.1) is 42.2 Å². The van der Waals surface area contributed by atoms with Gasteiger partial charge in [0.1, 0.15) is 11.3 Å². The van der Waals surface area contributed by atoms with Crippen LogP contribution in [0, 0.1) is 0 Å². The number of ether oxygens (including phenoxy) is 1. The minimum Gasteiger partial charge on any atom is -0.467 e. The topological polar surface area (TPSA) is 71.8 Å². The van der Waals surface area contributed by atoms with Crippen molar-refractivity contribution in [3.63, 3.8) is 0 Å². The van der Waals surface area contributed by atoms with Crippen molar-refractivity contribution < 1.29 is 18.7 Å². The van der Waals surface area contributed by atoms with Crippen molar-refractivity contribution in [3.05, 3.63) is 51.9 Å². The highest BCUT2D eigenvalue weighted by Gasteiger charge is 2.18. The second-order valence-corrected chi connectivity index (χ2v) is 5.88. The summed E-state index contributed by atoms with van der Waals surface area (Å²) < 4.78 is 9.96. The van der Waals surface area contributed by atoms with Crippen LogP contribution in [0.2, 0.25) is 10.0 Å². The number of halogens is 2. The Bertz CT molecular complexity index is 725. The number of hydrogen-bond acceptors (Lipinski definition) is 5. The molecule has 0 unspecified atom stereocenters. The average molecular weight is 371 g/mol. The summed E-state index contributed by atoms with van der Waals surface area (Å²) in [6, 6.07) is 6.49. The van der Waals surface area contributed by atoms with Gasteiger partial charge in [-0.05, 0) is 25.2 Å². The molecule has 1 aromatic heterocycles. The highest BCUT2D eigenvalue weighted by Crippen LogP contribution is 2.29. The molecule has 0 fully saturated rings. The number of rotatable bonds is 6. The summed E-state index contributed by atoms with van der Waals surface area (Å²) in [4.78, 5) is 25.4. The lowest BCUT2D eigenvalue weighted by molar-refractivity contribution is -0.117. The van der Waals surface area contributed by atoms with E-state index in [1.54, 1.807) is 30.1 Å². The van der Waals surface area contributed by atoms with E-state index >= 15 is 0 Å². The summed E-state index contributed by atoms with van der Waals surface area (Å²) in [6.45, 7) is 0.323. The van der Waals surface area contributed by atoms with E-state index in [9.17, 15) is 9.59 Å². The van der Waals surface area contributed by atoms with E-state index < -0.39 is 5.97 Å². The van der Waals surface area contributed by atoms with Gasteiger partial charge in [0, 0.05) is 0 Å². The Labute approximate surface area is 149 Å². The number of likely N-dealkylation sites (N-methyl/N-ethyl adjacent to an activating group) is 1. The summed E-state index contributed by atoms with van der Waals surface area (Å²) in [7, 11) is 3.01. The second kappa shape index (κ2) is 8.19. The van der Waals surface area contributed by atoms with Crippen LogP contribution in [0.5, 0.6) is 0 Å². The number of carbonyl (C=O) groups is 2. The number of amides is 1. The van der Waals surface area contributed by atoms with E-state index in [1.165, 1.54) is 19.4 Å². The molecule has 0 aliphatic heterocycles. The zero-order valence-electron chi connectivity index (χ0n) is 13.1. The summed E-state index contributed by atoms with van der Waals surface area (Å²) >= 11 is 12.0. The molecule has 2 rings (SSSR count). The Kier molecular flexibility index (Phi) is 6.25. The maximum absolute atomic E-state index is 12.1. The third-order valence-corrected chi connectivity index (χ3v) is 3.83. The highest BCUT2D eigenvalue weighted by atomic mass is 35.5. The Morgan fingerprint density at radius 3 is 2.54 bits per heavy atom. The summed E-state index contributed by atoms with van der Waals surface area (Å²) in [5, 5.41) is 3.39. The van der Waals surface area contributed by atoms with Crippen LogP contribution in [0.1, 0.15) is 16.1 Å². The fraction of sp³-hybridized carbons (Fsp3) is 0.250. The third-order valence-electron chi connectivity index (χ3n) is 3.20. The van der Waals surface area contributed by atoms with Gasteiger partial charge in [-0.3, -0.25) is 9.69 Å². The first-order valence-corrected chi connectivity index (χ1v) is 7.75. The largest absolute Gasteiger partial charge is 0.467 e. The van der Waals surface area contributed by atoms with Crippen LogP contribution in [-0.4, -0.2) is 37.5 Å². The quantitative estimate of drug-likeness (QED) is 0.788. The van der Waals surface area contributed by atoms with E-state index in [2.05, 4.69) is 10.1 Å². The van der Waals surface area contributed by atoms with Gasteiger partial charge in [-0.15, -0.1) is 0 Å². The SMILES string of the molecule is COC(=O)c1ccoc1CN(C)CC(=O)Nc1c(Cl)cccc1Cl. The Morgan fingerprint density at radius 2 is 1.92 bits per heavy atom. The predicted molar refractivity (Wildman–Crippen MR) is 91.5 cm³/mol. The van der Waals surface area contributed by atoms with Gasteiger partial charge in [0.2, 0.25) is 5.91 Å². The summed E-state index contributed by atoms with van der Waals surface area (Å²) in [6.07, 6.45) is 1.40. The number of benzene rings is 1. The molecule has 128 valence electrons. The van der Waals surface area contributed by atoms with Crippen LogP contribution in [0.25, 0.3) is 0 Å². The minimum absolute atomic E-state index is 0.0584. The molecule has 0 atom stereocenters. The zero-order valence-corrected chi connectivity index (χ0v) is 14.6. The molecule has 1 heterocycles. The first-order valence-electron chi connectivity index (χ1n) is 6.99. The zero-order chi connectivity index (χ0) is 17.7. The maximum atomic E-state index is 12.1. The molecule has 1 amide bonds. The van der Waals surface area contributed by atoms with Crippen LogP contribution >= 0.6 is 23.2 Å². The van der Waals surface area contributed by atoms with E-state index in [4.69, 9.17) is 27.6 Å². The van der Waals surface area contributed by atoms with Gasteiger partial charge in [0.25, 0.3) is 0 Å². The first-order chi connectivity index (χ1) is 11.4. The van der Waals surface area contributed by atoms with Crippen molar-refractivity contribution in [3.8, 4) is 0 Å². The van der Waals surface area contributed by atoms with E-state index in [0.29, 0.717) is 27.1 Å². The number of nitrogens with one attached hydrogen (secondary N) is 1. The van der Waals surface area contributed by atoms with E-state index in [-0.39, 0.29) is 19.0 Å². The molecule has 0 bridgehead atoms. The number of esters is 1. The molecule has 0 spiro atoms. The normalized spacial score (nSPS) is 10.7. The number of nitrogens with zero attached hydrogens (tertiary/aromatic N) is 1. The van der Waals surface area contributed by atoms with Crippen LogP contribution < -0.4 is 5.32 Å². The van der Waals surface area contributed by atoms with Gasteiger partial charge in [0.15, 0.2) is 0 Å². The Morgan fingerprint density at radius 1 is 1.25 bits per heavy atom. The molecule has 0 aliphatic rings. The van der Waals surface area contributed by atoms with Crippen molar-refractivity contribution in [1.29, 1.82) is 0 Å². The maximum Gasteiger partial charge on any atom is 0.341 e. The van der Waals surface area contributed by atoms with Crippen LogP contribution in [-0.2, 0) is 16.1 Å². The number of methoxy groups -OCH3 is 1. The second-order valence-electron chi connectivity index (χ2n) is 5.07. The monoisotopic (exact) mass is 370 g/mol. The van der Waals surface area contributed by atoms with Gasteiger partial charge in [-0.2, -0.15) is 0 Å². The number of furan rings is 1. The molecule has 1 N–H and O–H groups in total. The molecule has 24 heavy (non-hydrogen) atoms. The molecule has 0 saturated heterocycles.